The van der Waals surface area contributed by atoms with Crippen LogP contribution in [0.2, 0.25) is 0 Å². The number of hydrogen-bond donors (Lipinski definition) is 2. The molecule has 1 aromatic heterocycles. The van der Waals surface area contributed by atoms with Crippen molar-refractivity contribution in [2.24, 2.45) is 0 Å². The first kappa shape index (κ1) is 23.1. The Kier molecular flexibility index (Phi) is 7.20. The molecule has 1 aliphatic heterocycles. The minimum absolute atomic E-state index is 0.0517. The quantitative estimate of drug-likeness (QED) is 0.392. The molecular weight excluding hydrogens is 456 g/mol. The van der Waals surface area contributed by atoms with Crippen molar-refractivity contribution in [2.45, 2.75) is 42.1 Å². The average Bonchev–Trinajstić information content (AvgIpc) is 3.15. The molecule has 33 heavy (non-hydrogen) atoms. The van der Waals surface area contributed by atoms with Crippen LogP contribution in [0.15, 0.2) is 69.4 Å². The lowest BCUT2D eigenvalue weighted by Gasteiger charge is -2.14. The average molecular weight is 481 g/mol. The molecule has 0 bridgehead atoms. The highest BCUT2D eigenvalue weighted by Crippen LogP contribution is 2.34. The van der Waals surface area contributed by atoms with Gasteiger partial charge < -0.3 is 10.6 Å². The Labute approximate surface area is 200 Å². The SMILES string of the molecule is CC(=O)Nc1cccc(NC(=O)CSc2nc3c(c(=O)n2Cc2ccccc2)SC(C)C3)c1. The maximum atomic E-state index is 13.2. The normalized spacial score (nSPS) is 14.5. The van der Waals surface area contributed by atoms with Crippen molar-refractivity contribution < 1.29 is 9.59 Å². The summed E-state index contributed by atoms with van der Waals surface area (Å²) in [5, 5.41) is 6.38. The molecular formula is C24H24N4O3S2. The molecule has 2 aromatic carbocycles. The third-order valence-corrected chi connectivity index (χ3v) is 7.14. The monoisotopic (exact) mass is 480 g/mol. The smallest absolute Gasteiger partial charge is 0.268 e. The summed E-state index contributed by atoms with van der Waals surface area (Å²) in [4.78, 5) is 42.6. The van der Waals surface area contributed by atoms with Gasteiger partial charge in [0.25, 0.3) is 5.56 Å². The van der Waals surface area contributed by atoms with Crippen LogP contribution in [0.5, 0.6) is 0 Å². The van der Waals surface area contributed by atoms with E-state index in [9.17, 15) is 14.4 Å². The van der Waals surface area contributed by atoms with Crippen LogP contribution in [0.25, 0.3) is 0 Å². The van der Waals surface area contributed by atoms with E-state index in [0.29, 0.717) is 33.2 Å². The Morgan fingerprint density at radius 2 is 1.85 bits per heavy atom. The fraction of sp³-hybridized carbons (Fsp3) is 0.250. The standard InChI is InChI=1S/C24H24N4O3S2/c1-15-11-20-22(33-15)23(31)28(13-17-7-4-3-5-8-17)24(27-20)32-14-21(30)26-19-10-6-9-18(12-19)25-16(2)29/h3-10,12,15H,11,13-14H2,1-2H3,(H,25,29)(H,26,30). The summed E-state index contributed by atoms with van der Waals surface area (Å²) in [5.74, 6) is -0.295. The van der Waals surface area contributed by atoms with Crippen molar-refractivity contribution in [3.63, 3.8) is 0 Å². The molecule has 2 amide bonds. The number of carbonyl (C=O) groups excluding carboxylic acids is 2. The van der Waals surface area contributed by atoms with Gasteiger partial charge >= 0.3 is 0 Å². The lowest BCUT2D eigenvalue weighted by Crippen LogP contribution is -2.26. The maximum absolute atomic E-state index is 13.2. The van der Waals surface area contributed by atoms with E-state index in [2.05, 4.69) is 17.6 Å². The summed E-state index contributed by atoms with van der Waals surface area (Å²) < 4.78 is 1.66. The number of anilines is 2. The Bertz CT molecular complexity index is 1240. The summed E-state index contributed by atoms with van der Waals surface area (Å²) in [6.07, 6.45) is 0.747. The van der Waals surface area contributed by atoms with E-state index in [1.807, 2.05) is 30.3 Å². The zero-order chi connectivity index (χ0) is 23.4. The lowest BCUT2D eigenvalue weighted by molar-refractivity contribution is -0.114. The van der Waals surface area contributed by atoms with Gasteiger partial charge in [-0.15, -0.1) is 11.8 Å². The van der Waals surface area contributed by atoms with Gasteiger partial charge in [0.15, 0.2) is 5.16 Å². The van der Waals surface area contributed by atoms with E-state index < -0.39 is 0 Å². The number of aromatic nitrogens is 2. The van der Waals surface area contributed by atoms with Crippen LogP contribution in [0.4, 0.5) is 11.4 Å². The predicted molar refractivity (Wildman–Crippen MR) is 133 cm³/mol. The second kappa shape index (κ2) is 10.3. The largest absolute Gasteiger partial charge is 0.326 e. The Balaban J connectivity index is 1.52. The first-order valence-corrected chi connectivity index (χ1v) is 12.4. The van der Waals surface area contributed by atoms with Crippen molar-refractivity contribution in [1.29, 1.82) is 0 Å². The van der Waals surface area contributed by atoms with Gasteiger partial charge in [0.05, 0.1) is 22.9 Å². The van der Waals surface area contributed by atoms with Crippen molar-refractivity contribution in [3.8, 4) is 0 Å². The highest BCUT2D eigenvalue weighted by molar-refractivity contribution is 8.00. The van der Waals surface area contributed by atoms with Gasteiger partial charge in [0.2, 0.25) is 11.8 Å². The van der Waals surface area contributed by atoms with Crippen LogP contribution in [-0.4, -0.2) is 32.4 Å². The minimum Gasteiger partial charge on any atom is -0.326 e. The highest BCUT2D eigenvalue weighted by atomic mass is 32.2. The fourth-order valence-electron chi connectivity index (χ4n) is 3.55. The van der Waals surface area contributed by atoms with Gasteiger partial charge in [-0.1, -0.05) is 55.1 Å². The Morgan fingerprint density at radius 1 is 1.12 bits per heavy atom. The molecule has 1 aliphatic rings. The maximum Gasteiger partial charge on any atom is 0.268 e. The summed E-state index contributed by atoms with van der Waals surface area (Å²) in [5.41, 5.74) is 2.95. The van der Waals surface area contributed by atoms with Crippen LogP contribution < -0.4 is 16.2 Å². The van der Waals surface area contributed by atoms with E-state index in [1.165, 1.54) is 18.7 Å². The van der Waals surface area contributed by atoms with Crippen molar-refractivity contribution in [3.05, 3.63) is 76.2 Å². The first-order valence-electron chi connectivity index (χ1n) is 10.5. The molecule has 4 rings (SSSR count). The second-order valence-corrected chi connectivity index (χ2v) is 10.2. The number of rotatable bonds is 7. The number of amides is 2. The van der Waals surface area contributed by atoms with E-state index >= 15 is 0 Å². The molecule has 2 heterocycles. The summed E-state index contributed by atoms with van der Waals surface area (Å²) in [6.45, 7) is 3.92. The van der Waals surface area contributed by atoms with Crippen LogP contribution in [0, 0.1) is 0 Å². The van der Waals surface area contributed by atoms with Crippen molar-refractivity contribution in [1.82, 2.24) is 9.55 Å². The number of benzene rings is 2. The van der Waals surface area contributed by atoms with Gasteiger partial charge in [-0.3, -0.25) is 19.0 Å². The van der Waals surface area contributed by atoms with Crippen LogP contribution in [0.1, 0.15) is 25.1 Å². The fourth-order valence-corrected chi connectivity index (χ4v) is 5.48. The van der Waals surface area contributed by atoms with Crippen molar-refractivity contribution >= 4 is 46.7 Å². The molecule has 0 fully saturated rings. The Hall–Kier alpha value is -3.04. The number of fused-ring (bicyclic) bond motifs is 1. The number of hydrogen-bond acceptors (Lipinski definition) is 6. The summed E-state index contributed by atoms with van der Waals surface area (Å²) in [6, 6.07) is 16.7. The van der Waals surface area contributed by atoms with Gasteiger partial charge in [-0.05, 0) is 23.8 Å². The number of nitrogens with one attached hydrogen (secondary N) is 2. The van der Waals surface area contributed by atoms with Crippen LogP contribution >= 0.6 is 23.5 Å². The highest BCUT2D eigenvalue weighted by Gasteiger charge is 2.26. The van der Waals surface area contributed by atoms with E-state index in [4.69, 9.17) is 4.98 Å². The molecule has 7 nitrogen and oxygen atoms in total. The second-order valence-electron chi connectivity index (χ2n) is 7.78. The van der Waals surface area contributed by atoms with Crippen molar-refractivity contribution in [2.75, 3.05) is 16.4 Å². The minimum atomic E-state index is -0.219. The molecule has 0 radical (unpaired) electrons. The third kappa shape index (κ3) is 5.85. The number of carbonyl (C=O) groups is 2. The van der Waals surface area contributed by atoms with Gasteiger partial charge in [-0.2, -0.15) is 0 Å². The topological polar surface area (TPSA) is 93.1 Å². The number of nitrogens with zero attached hydrogens (tertiary/aromatic N) is 2. The zero-order valence-electron chi connectivity index (χ0n) is 18.3. The molecule has 2 N–H and O–H groups in total. The van der Waals surface area contributed by atoms with Gasteiger partial charge in [-0.25, -0.2) is 4.98 Å². The predicted octanol–water partition coefficient (Wildman–Crippen LogP) is 4.02. The summed E-state index contributed by atoms with van der Waals surface area (Å²) in [7, 11) is 0. The van der Waals surface area contributed by atoms with E-state index in [1.54, 1.807) is 40.6 Å². The molecule has 1 unspecified atom stereocenters. The molecule has 1 atom stereocenters. The Morgan fingerprint density at radius 3 is 2.58 bits per heavy atom. The zero-order valence-corrected chi connectivity index (χ0v) is 20.0. The van der Waals surface area contributed by atoms with Gasteiger partial charge in [0, 0.05) is 30.0 Å². The molecule has 170 valence electrons. The molecule has 0 saturated heterocycles. The molecule has 0 spiro atoms. The molecule has 9 heteroatoms. The number of thioether (sulfide) groups is 2. The third-order valence-electron chi connectivity index (χ3n) is 4.95. The van der Waals surface area contributed by atoms with E-state index in [0.717, 1.165) is 17.7 Å². The molecule has 0 aliphatic carbocycles. The van der Waals surface area contributed by atoms with E-state index in [-0.39, 0.29) is 23.1 Å². The molecule has 0 saturated carbocycles. The lowest BCUT2D eigenvalue weighted by atomic mass is 10.2. The summed E-state index contributed by atoms with van der Waals surface area (Å²) >= 11 is 2.82. The first-order chi connectivity index (χ1) is 15.9. The molecule has 3 aromatic rings. The van der Waals surface area contributed by atoms with Gasteiger partial charge in [0.1, 0.15) is 0 Å². The van der Waals surface area contributed by atoms with Crippen LogP contribution in [-0.2, 0) is 22.6 Å². The van der Waals surface area contributed by atoms with Crippen LogP contribution in [0.3, 0.4) is 0 Å².